The predicted molar refractivity (Wildman–Crippen MR) is 48.5 cm³/mol. The second-order valence-electron chi connectivity index (χ2n) is 2.55. The number of alkyl halides is 1. The monoisotopic (exact) mass is 221 g/mol. The molecule has 1 aromatic rings. The number of H-pyrrole nitrogens is 3. The van der Waals surface area contributed by atoms with E-state index in [0.29, 0.717) is 6.10 Å². The van der Waals surface area contributed by atoms with Crippen molar-refractivity contribution in [2.45, 2.75) is 18.6 Å². The Balaban J connectivity index is 0.000000165. The van der Waals surface area contributed by atoms with Crippen molar-refractivity contribution in [3.8, 4) is 0 Å². The van der Waals surface area contributed by atoms with E-state index in [1.165, 1.54) is 0 Å². The fourth-order valence-electron chi connectivity index (χ4n) is 0.563. The summed E-state index contributed by atoms with van der Waals surface area (Å²) in [6.45, 7) is 1.94. The van der Waals surface area contributed by atoms with Gasteiger partial charge >= 0.3 is 17.1 Å². The van der Waals surface area contributed by atoms with Crippen LogP contribution in [-0.2, 0) is 4.74 Å². The van der Waals surface area contributed by atoms with Crippen LogP contribution in [0, 0.1) is 0 Å². The minimum absolute atomic E-state index is 0.0231. The number of nitrogens with one attached hydrogen (secondary N) is 3. The first-order valence-corrected chi connectivity index (χ1v) is 4.15. The number of ether oxygens (including phenoxy) is 1. The molecule has 7 nitrogen and oxygen atoms in total. The average Bonchev–Trinajstić information content (AvgIpc) is 2.61. The molecule has 78 valence electrons. The Kier molecular flexibility index (Phi) is 3.26. The number of halogens is 1. The third-order valence-corrected chi connectivity index (χ3v) is 1.78. The molecule has 2 rings (SSSR count). The Bertz CT molecular complexity index is 376. The molecule has 0 spiro atoms. The highest BCUT2D eigenvalue weighted by Gasteiger charge is 2.30. The predicted octanol–water partition coefficient (Wildman–Crippen LogP) is -1.28. The van der Waals surface area contributed by atoms with Crippen molar-refractivity contribution in [3.63, 3.8) is 0 Å². The van der Waals surface area contributed by atoms with Crippen LogP contribution < -0.4 is 17.1 Å². The van der Waals surface area contributed by atoms with Crippen molar-refractivity contribution in [2.24, 2.45) is 0 Å². The molecular formula is C6H8ClN3O4. The minimum Gasteiger partial charge on any atom is -0.353 e. The summed E-state index contributed by atoms with van der Waals surface area (Å²) in [6.07, 6.45) is 0.316. The molecule has 0 aliphatic carbocycles. The molecule has 1 saturated heterocycles. The van der Waals surface area contributed by atoms with Crippen LogP contribution in [0.3, 0.4) is 0 Å². The summed E-state index contributed by atoms with van der Waals surface area (Å²) in [5, 5.41) is 0. The number of epoxide rings is 1. The molecule has 0 bridgehead atoms. The summed E-state index contributed by atoms with van der Waals surface area (Å²) in [5.41, 5.74) is -2.38. The van der Waals surface area contributed by atoms with Gasteiger partial charge in [0, 0.05) is 0 Å². The molecule has 1 aromatic heterocycles. The smallest absolute Gasteiger partial charge is 0.330 e. The highest BCUT2D eigenvalue weighted by Crippen LogP contribution is 2.23. The summed E-state index contributed by atoms with van der Waals surface area (Å²) < 4.78 is 4.68. The molecule has 8 heteroatoms. The molecule has 1 fully saturated rings. The Morgan fingerprint density at radius 3 is 1.43 bits per heavy atom. The minimum atomic E-state index is -0.802. The van der Waals surface area contributed by atoms with Gasteiger partial charge in [0.15, 0.2) is 5.56 Å². The van der Waals surface area contributed by atoms with Crippen molar-refractivity contribution >= 4 is 11.6 Å². The van der Waals surface area contributed by atoms with Gasteiger partial charge in [-0.2, -0.15) is 0 Å². The van der Waals surface area contributed by atoms with Crippen LogP contribution in [-0.4, -0.2) is 26.6 Å². The van der Waals surface area contributed by atoms with E-state index in [2.05, 4.69) is 4.74 Å². The topological polar surface area (TPSA) is 111 Å². The van der Waals surface area contributed by atoms with E-state index in [9.17, 15) is 14.4 Å². The van der Waals surface area contributed by atoms with Gasteiger partial charge in [-0.05, 0) is 6.92 Å². The van der Waals surface area contributed by atoms with E-state index >= 15 is 0 Å². The lowest BCUT2D eigenvalue weighted by Gasteiger charge is -1.77. The molecule has 2 unspecified atom stereocenters. The summed E-state index contributed by atoms with van der Waals surface area (Å²) in [7, 11) is 0. The van der Waals surface area contributed by atoms with E-state index in [-0.39, 0.29) is 5.56 Å². The molecule has 1 aliphatic heterocycles. The van der Waals surface area contributed by atoms with Crippen LogP contribution in [0.15, 0.2) is 14.4 Å². The van der Waals surface area contributed by atoms with Gasteiger partial charge in [-0.15, -0.1) is 0 Å². The Hall–Kier alpha value is -1.34. The molecule has 0 radical (unpaired) electrons. The van der Waals surface area contributed by atoms with Gasteiger partial charge in [0.2, 0.25) is 0 Å². The maximum absolute atomic E-state index is 10.2. The average molecular weight is 222 g/mol. The molecule has 0 aromatic carbocycles. The van der Waals surface area contributed by atoms with Crippen LogP contribution in [0.2, 0.25) is 0 Å². The Labute approximate surface area is 82.1 Å². The van der Waals surface area contributed by atoms with Crippen molar-refractivity contribution in [3.05, 3.63) is 31.5 Å². The van der Waals surface area contributed by atoms with E-state index in [1.54, 1.807) is 15.0 Å². The lowest BCUT2D eigenvalue weighted by atomic mass is 10.6. The SMILES string of the molecule is CC1OC1Cl.O=c1[nH]c(=O)[nH]c(=O)[nH]1. The number of rotatable bonds is 0. The van der Waals surface area contributed by atoms with Gasteiger partial charge in [0.1, 0.15) is 0 Å². The fourth-order valence-corrected chi connectivity index (χ4v) is 0.725. The van der Waals surface area contributed by atoms with Gasteiger partial charge in [-0.3, -0.25) is 15.0 Å². The van der Waals surface area contributed by atoms with Crippen LogP contribution in [0.4, 0.5) is 0 Å². The first-order valence-electron chi connectivity index (χ1n) is 3.71. The number of hydrogen-bond donors (Lipinski definition) is 3. The summed E-state index contributed by atoms with van der Waals surface area (Å²) in [4.78, 5) is 35.9. The standard InChI is InChI=1S/C3H5ClO.C3H3N3O3/c1-2-3(4)5-2;7-1-4-2(8)6-3(9)5-1/h2-3H,1H3;(H3,4,5,6,7,8,9). The highest BCUT2D eigenvalue weighted by atomic mass is 35.5. The van der Waals surface area contributed by atoms with E-state index < -0.39 is 17.1 Å². The van der Waals surface area contributed by atoms with Crippen LogP contribution in [0.25, 0.3) is 0 Å². The first-order chi connectivity index (χ1) is 6.49. The lowest BCUT2D eigenvalue weighted by Crippen LogP contribution is -2.34. The summed E-state index contributed by atoms with van der Waals surface area (Å²) in [5.74, 6) is 0. The van der Waals surface area contributed by atoms with Crippen molar-refractivity contribution in [1.82, 2.24) is 15.0 Å². The molecule has 3 N–H and O–H groups in total. The zero-order chi connectivity index (χ0) is 10.7. The van der Waals surface area contributed by atoms with Gasteiger partial charge in [0.25, 0.3) is 0 Å². The van der Waals surface area contributed by atoms with Crippen LogP contribution in [0.1, 0.15) is 6.92 Å². The Morgan fingerprint density at radius 1 is 1.07 bits per heavy atom. The fraction of sp³-hybridized carbons (Fsp3) is 0.500. The zero-order valence-electron chi connectivity index (χ0n) is 7.17. The first kappa shape index (κ1) is 10.7. The van der Waals surface area contributed by atoms with Gasteiger partial charge in [0.05, 0.1) is 6.10 Å². The quantitative estimate of drug-likeness (QED) is 0.374. The van der Waals surface area contributed by atoms with Gasteiger partial charge in [-0.25, -0.2) is 14.4 Å². The van der Waals surface area contributed by atoms with Gasteiger partial charge < -0.3 is 4.74 Å². The maximum atomic E-state index is 10.2. The molecule has 2 atom stereocenters. The third-order valence-electron chi connectivity index (χ3n) is 1.32. The maximum Gasteiger partial charge on any atom is 0.330 e. The van der Waals surface area contributed by atoms with Crippen molar-refractivity contribution in [2.75, 3.05) is 0 Å². The zero-order valence-corrected chi connectivity index (χ0v) is 7.92. The summed E-state index contributed by atoms with van der Waals surface area (Å²) in [6, 6.07) is 0. The summed E-state index contributed by atoms with van der Waals surface area (Å²) >= 11 is 5.31. The van der Waals surface area contributed by atoms with Crippen molar-refractivity contribution in [1.29, 1.82) is 0 Å². The van der Waals surface area contributed by atoms with E-state index in [0.717, 1.165) is 0 Å². The Morgan fingerprint density at radius 2 is 1.29 bits per heavy atom. The number of aromatic amines is 3. The molecule has 2 heterocycles. The molecule has 0 amide bonds. The molecule has 1 aliphatic rings. The van der Waals surface area contributed by atoms with Gasteiger partial charge in [-0.1, -0.05) is 11.6 Å². The van der Waals surface area contributed by atoms with E-state index in [4.69, 9.17) is 11.6 Å². The van der Waals surface area contributed by atoms with Crippen LogP contribution >= 0.6 is 11.6 Å². The number of aromatic nitrogens is 3. The highest BCUT2D eigenvalue weighted by molar-refractivity contribution is 6.21. The normalized spacial score (nSPS) is 23.6. The second-order valence-corrected chi connectivity index (χ2v) is 2.98. The largest absolute Gasteiger partial charge is 0.353 e. The molecule has 0 saturated carbocycles. The van der Waals surface area contributed by atoms with E-state index in [1.807, 2.05) is 6.92 Å². The third kappa shape index (κ3) is 3.58. The lowest BCUT2D eigenvalue weighted by molar-refractivity contribution is 0.411. The van der Waals surface area contributed by atoms with Crippen LogP contribution in [0.5, 0.6) is 0 Å². The molecule has 14 heavy (non-hydrogen) atoms. The van der Waals surface area contributed by atoms with Crippen molar-refractivity contribution < 1.29 is 4.74 Å². The number of hydrogen-bond acceptors (Lipinski definition) is 4. The second kappa shape index (κ2) is 4.25. The molecular weight excluding hydrogens is 214 g/mol.